The standard InChI is InChI=1S/C15H19N6O15P3/c16-11-1-3-21(15(23)19-11)12-5-9(34-14(22)13-8(2-4-31-13)6-18-20-17)10(33-12)7-32-38(27,28)36-39(29,30)35-37(24,25)26/h1-4,9-10,12H,5-7H2,(H,27,28)(H,29,30)(H2,16,19,23)(H2,24,25,26)/t9?,10-,12-/m1/s1. The number of nitrogen functional groups attached to an aromatic ring is 1. The summed E-state index contributed by atoms with van der Waals surface area (Å²) in [4.78, 5) is 67.4. The number of hydrogen-bond donors (Lipinski definition) is 5. The summed E-state index contributed by atoms with van der Waals surface area (Å²) in [7, 11) is -17.0. The van der Waals surface area contributed by atoms with Crippen LogP contribution in [0.15, 0.2) is 38.9 Å². The highest BCUT2D eigenvalue weighted by Crippen LogP contribution is 2.66. The summed E-state index contributed by atoms with van der Waals surface area (Å²) >= 11 is 0. The van der Waals surface area contributed by atoms with Crippen LogP contribution in [0.25, 0.3) is 10.4 Å². The van der Waals surface area contributed by atoms with Crippen molar-refractivity contribution >= 4 is 35.3 Å². The molecule has 0 amide bonds. The van der Waals surface area contributed by atoms with Gasteiger partial charge in [-0.1, -0.05) is 5.11 Å². The summed E-state index contributed by atoms with van der Waals surface area (Å²) in [6.45, 7) is -1.25. The van der Waals surface area contributed by atoms with Crippen molar-refractivity contribution in [2.75, 3.05) is 12.3 Å². The maximum absolute atomic E-state index is 12.7. The molecule has 3 unspecified atom stereocenters. The van der Waals surface area contributed by atoms with Crippen molar-refractivity contribution in [2.45, 2.75) is 31.4 Å². The molecule has 0 aromatic carbocycles. The molecule has 214 valence electrons. The summed E-state index contributed by atoms with van der Waals surface area (Å²) in [5, 5.41) is 3.32. The number of anilines is 1. The van der Waals surface area contributed by atoms with E-state index in [-0.39, 0.29) is 30.1 Å². The van der Waals surface area contributed by atoms with Crippen LogP contribution in [-0.2, 0) is 42.9 Å². The van der Waals surface area contributed by atoms with Gasteiger partial charge in [0, 0.05) is 23.1 Å². The molecule has 3 rings (SSSR count). The molecule has 24 heteroatoms. The molecule has 2 aromatic rings. The van der Waals surface area contributed by atoms with Crippen molar-refractivity contribution in [3.8, 4) is 0 Å². The molecule has 1 aliphatic rings. The minimum absolute atomic E-state index is 0.105. The van der Waals surface area contributed by atoms with Crippen molar-refractivity contribution < 1.29 is 65.1 Å². The Morgan fingerprint density at radius 3 is 2.59 bits per heavy atom. The molecular weight excluding hydrogens is 597 g/mol. The number of esters is 1. The van der Waals surface area contributed by atoms with Gasteiger partial charge in [0.2, 0.25) is 5.76 Å². The number of nitrogens with two attached hydrogens (primary N) is 1. The highest BCUT2D eigenvalue weighted by atomic mass is 31.3. The van der Waals surface area contributed by atoms with Gasteiger partial charge in [-0.15, -0.1) is 0 Å². The fourth-order valence-corrected chi connectivity index (χ4v) is 6.23. The van der Waals surface area contributed by atoms with Gasteiger partial charge in [0.25, 0.3) is 0 Å². The Morgan fingerprint density at radius 1 is 1.23 bits per heavy atom. The molecule has 1 saturated heterocycles. The van der Waals surface area contributed by atoms with E-state index < -0.39 is 60.2 Å². The van der Waals surface area contributed by atoms with Crippen molar-refractivity contribution in [3.05, 3.63) is 56.8 Å². The molecular formula is C15H19N6O15P3. The quantitative estimate of drug-likeness (QED) is 0.0732. The van der Waals surface area contributed by atoms with Crippen LogP contribution in [0, 0.1) is 0 Å². The minimum atomic E-state index is -5.79. The number of ether oxygens (including phenoxy) is 2. The molecule has 0 bridgehead atoms. The normalized spacial score (nSPS) is 22.4. The Bertz CT molecular complexity index is 1460. The summed E-state index contributed by atoms with van der Waals surface area (Å²) in [5.74, 6) is -1.53. The first-order valence-electron chi connectivity index (χ1n) is 10.2. The highest BCUT2D eigenvalue weighted by molar-refractivity contribution is 7.66. The average molecular weight is 616 g/mol. The molecule has 1 aliphatic heterocycles. The molecule has 6 N–H and O–H groups in total. The van der Waals surface area contributed by atoms with Crippen LogP contribution < -0.4 is 11.4 Å². The van der Waals surface area contributed by atoms with Crippen LogP contribution in [0.2, 0.25) is 0 Å². The Balaban J connectivity index is 1.79. The number of azide groups is 1. The number of carbonyl (C=O) groups is 1. The maximum atomic E-state index is 12.7. The Morgan fingerprint density at radius 2 is 1.95 bits per heavy atom. The molecule has 0 radical (unpaired) electrons. The lowest BCUT2D eigenvalue weighted by atomic mass is 10.2. The first kappa shape index (κ1) is 30.6. The van der Waals surface area contributed by atoms with E-state index in [9.17, 15) is 33.1 Å². The average Bonchev–Trinajstić information content (AvgIpc) is 3.40. The zero-order valence-corrected chi connectivity index (χ0v) is 21.8. The fourth-order valence-electron chi connectivity index (χ4n) is 3.20. The first-order chi connectivity index (χ1) is 18.1. The van der Waals surface area contributed by atoms with Gasteiger partial charge in [-0.05, 0) is 17.7 Å². The van der Waals surface area contributed by atoms with Gasteiger partial charge in [0.05, 0.1) is 19.4 Å². The van der Waals surface area contributed by atoms with E-state index >= 15 is 0 Å². The van der Waals surface area contributed by atoms with Gasteiger partial charge in [-0.2, -0.15) is 13.6 Å². The number of rotatable bonds is 12. The van der Waals surface area contributed by atoms with Crippen LogP contribution in [0.5, 0.6) is 0 Å². The summed E-state index contributed by atoms with van der Waals surface area (Å²) in [6, 6.07) is 2.60. The van der Waals surface area contributed by atoms with E-state index in [4.69, 9.17) is 34.9 Å². The summed E-state index contributed by atoms with van der Waals surface area (Å²) < 4.78 is 63.3. The molecule has 3 heterocycles. The number of carbonyl (C=O) groups excluding carboxylic acids is 1. The number of furan rings is 1. The summed E-state index contributed by atoms with van der Waals surface area (Å²) in [5.41, 5.74) is 13.3. The third-order valence-electron chi connectivity index (χ3n) is 4.66. The van der Waals surface area contributed by atoms with E-state index in [1.165, 1.54) is 18.3 Å². The molecule has 1 fully saturated rings. The molecule has 2 aromatic heterocycles. The zero-order valence-electron chi connectivity index (χ0n) is 19.1. The smallest absolute Gasteiger partial charge is 0.457 e. The third kappa shape index (κ3) is 8.81. The Kier molecular flexibility index (Phi) is 9.51. The van der Waals surface area contributed by atoms with Crippen LogP contribution in [0.3, 0.4) is 0 Å². The number of phosphoric ester groups is 1. The maximum Gasteiger partial charge on any atom is 0.490 e. The van der Waals surface area contributed by atoms with Crippen LogP contribution in [0.1, 0.15) is 28.8 Å². The van der Waals surface area contributed by atoms with Crippen LogP contribution in [0.4, 0.5) is 5.82 Å². The van der Waals surface area contributed by atoms with E-state index in [1.54, 1.807) is 0 Å². The monoisotopic (exact) mass is 616 g/mol. The Hall–Kier alpha value is -2.89. The van der Waals surface area contributed by atoms with Gasteiger partial charge in [-0.3, -0.25) is 9.09 Å². The topological polar surface area (TPSA) is 318 Å². The predicted octanol–water partition coefficient (Wildman–Crippen LogP) is 1.09. The van der Waals surface area contributed by atoms with Crippen LogP contribution >= 0.6 is 23.5 Å². The minimum Gasteiger partial charge on any atom is -0.457 e. The van der Waals surface area contributed by atoms with Gasteiger partial charge in [0.1, 0.15) is 24.3 Å². The van der Waals surface area contributed by atoms with Crippen molar-refractivity contribution in [3.63, 3.8) is 0 Å². The summed E-state index contributed by atoms with van der Waals surface area (Å²) in [6.07, 6.45) is -1.87. The number of hydrogen-bond acceptors (Lipinski definition) is 14. The second-order valence-corrected chi connectivity index (χ2v) is 11.8. The van der Waals surface area contributed by atoms with Gasteiger partial charge in [0.15, 0.2) is 0 Å². The van der Waals surface area contributed by atoms with E-state index in [0.29, 0.717) is 0 Å². The van der Waals surface area contributed by atoms with E-state index in [1.807, 2.05) is 0 Å². The second-order valence-electron chi connectivity index (χ2n) is 7.40. The largest absolute Gasteiger partial charge is 0.490 e. The molecule has 0 spiro atoms. The lowest BCUT2D eigenvalue weighted by molar-refractivity contribution is -0.0517. The SMILES string of the molecule is [N-]=[N+]=NCc1ccoc1C(=O)OC1C[C@H](n2ccc(N)nc2=O)O[C@@H]1COP(=O)(O)OP(=O)(O)OP(=O)(O)O. The molecule has 0 saturated carbocycles. The Labute approximate surface area is 216 Å². The fraction of sp³-hybridized carbons (Fsp3) is 0.400. The molecule has 0 aliphatic carbocycles. The van der Waals surface area contributed by atoms with Crippen molar-refractivity contribution in [1.29, 1.82) is 0 Å². The van der Waals surface area contributed by atoms with Gasteiger partial charge >= 0.3 is 35.1 Å². The van der Waals surface area contributed by atoms with Crippen molar-refractivity contribution in [2.24, 2.45) is 5.11 Å². The number of phosphoric acid groups is 3. The van der Waals surface area contributed by atoms with E-state index in [2.05, 4.69) is 28.2 Å². The van der Waals surface area contributed by atoms with Crippen molar-refractivity contribution in [1.82, 2.24) is 9.55 Å². The molecule has 39 heavy (non-hydrogen) atoms. The van der Waals surface area contributed by atoms with Gasteiger partial charge in [-0.25, -0.2) is 23.3 Å². The lowest BCUT2D eigenvalue weighted by Crippen LogP contribution is -2.31. The van der Waals surface area contributed by atoms with Crippen LogP contribution in [-0.4, -0.2) is 53.9 Å². The predicted molar refractivity (Wildman–Crippen MR) is 122 cm³/mol. The highest BCUT2D eigenvalue weighted by Gasteiger charge is 2.44. The lowest BCUT2D eigenvalue weighted by Gasteiger charge is -2.21. The zero-order chi connectivity index (χ0) is 29.0. The second kappa shape index (κ2) is 12.1. The van der Waals surface area contributed by atoms with E-state index in [0.717, 1.165) is 10.8 Å². The molecule has 5 atom stereocenters. The number of nitrogens with zero attached hydrogens (tertiary/aromatic N) is 5. The third-order valence-corrected chi connectivity index (χ3v) is 8.46. The van der Waals surface area contributed by atoms with Gasteiger partial charge < -0.3 is 39.2 Å². The number of aromatic nitrogens is 2. The molecule has 21 nitrogen and oxygen atoms in total. The first-order valence-corrected chi connectivity index (χ1v) is 14.7.